The number of allylic oxidation sites excluding steroid dienone is 2. The topological polar surface area (TPSA) is 68.0 Å². The van der Waals surface area contributed by atoms with E-state index in [1.807, 2.05) is 61.0 Å². The lowest BCUT2D eigenvalue weighted by Crippen LogP contribution is -2.06. The third-order valence-corrected chi connectivity index (χ3v) is 4.40. The molecule has 0 bridgehead atoms. The monoisotopic (exact) mass is 361 g/mol. The Labute approximate surface area is 159 Å². The molecule has 0 saturated carbocycles. The van der Waals surface area contributed by atoms with Gasteiger partial charge in [-0.2, -0.15) is 5.10 Å². The van der Waals surface area contributed by atoms with Crippen LogP contribution in [0, 0.1) is 0 Å². The van der Waals surface area contributed by atoms with Crippen LogP contribution in [0.15, 0.2) is 60.7 Å². The number of nitrogens with zero attached hydrogens (tertiary/aromatic N) is 3. The second kappa shape index (κ2) is 8.45. The van der Waals surface area contributed by atoms with Crippen LogP contribution < -0.4 is 0 Å². The largest absolute Gasteiger partial charge is 0.478 e. The summed E-state index contributed by atoms with van der Waals surface area (Å²) in [5, 5.41) is 14.0. The number of hydrogen-bond acceptors (Lipinski definition) is 3. The van der Waals surface area contributed by atoms with Gasteiger partial charge in [0.15, 0.2) is 5.82 Å². The van der Waals surface area contributed by atoms with E-state index in [-0.39, 0.29) is 0 Å². The van der Waals surface area contributed by atoms with Gasteiger partial charge >= 0.3 is 5.97 Å². The summed E-state index contributed by atoms with van der Waals surface area (Å²) in [4.78, 5) is 16.0. The molecule has 1 aromatic heterocycles. The maximum absolute atomic E-state index is 11.4. The molecule has 3 aromatic rings. The molecular formula is C22H23N3O2. The molecule has 138 valence electrons. The number of aromatic carboxylic acids is 1. The molecule has 27 heavy (non-hydrogen) atoms. The van der Waals surface area contributed by atoms with Gasteiger partial charge in [0, 0.05) is 12.8 Å². The first kappa shape index (κ1) is 18.6. The zero-order valence-corrected chi connectivity index (χ0v) is 15.6. The quantitative estimate of drug-likeness (QED) is 0.635. The SMILES string of the molecule is C/C=C/Cc1nc(CC)nn1Cc1ccc(-c2ccccc2C(=O)O)cc1. The molecule has 0 amide bonds. The summed E-state index contributed by atoms with van der Waals surface area (Å²) in [5.74, 6) is 0.879. The van der Waals surface area contributed by atoms with E-state index in [4.69, 9.17) is 0 Å². The fourth-order valence-corrected chi connectivity index (χ4v) is 2.96. The van der Waals surface area contributed by atoms with Crippen LogP contribution in [-0.2, 0) is 19.4 Å². The lowest BCUT2D eigenvalue weighted by atomic mass is 9.99. The maximum atomic E-state index is 11.4. The summed E-state index contributed by atoms with van der Waals surface area (Å²) in [7, 11) is 0. The van der Waals surface area contributed by atoms with Gasteiger partial charge in [0.25, 0.3) is 0 Å². The third-order valence-electron chi connectivity index (χ3n) is 4.40. The van der Waals surface area contributed by atoms with Crippen LogP contribution in [-0.4, -0.2) is 25.8 Å². The van der Waals surface area contributed by atoms with Crippen LogP contribution in [0.4, 0.5) is 0 Å². The van der Waals surface area contributed by atoms with Crippen LogP contribution in [0.25, 0.3) is 11.1 Å². The minimum absolute atomic E-state index is 0.308. The van der Waals surface area contributed by atoms with Crippen molar-refractivity contribution in [3.05, 3.63) is 83.5 Å². The van der Waals surface area contributed by atoms with Gasteiger partial charge < -0.3 is 5.11 Å². The summed E-state index contributed by atoms with van der Waals surface area (Å²) in [6.07, 6.45) is 5.65. The van der Waals surface area contributed by atoms with E-state index >= 15 is 0 Å². The number of aromatic nitrogens is 3. The van der Waals surface area contributed by atoms with E-state index in [1.54, 1.807) is 12.1 Å². The lowest BCUT2D eigenvalue weighted by molar-refractivity contribution is 0.0697. The lowest BCUT2D eigenvalue weighted by Gasteiger charge is -2.08. The highest BCUT2D eigenvalue weighted by Crippen LogP contribution is 2.24. The first-order chi connectivity index (χ1) is 13.1. The molecule has 0 spiro atoms. The highest BCUT2D eigenvalue weighted by molar-refractivity contribution is 5.95. The summed E-state index contributed by atoms with van der Waals surface area (Å²) >= 11 is 0. The number of carboxylic acid groups (broad SMARTS) is 1. The fraction of sp³-hybridized carbons (Fsp3) is 0.227. The maximum Gasteiger partial charge on any atom is 0.336 e. The zero-order chi connectivity index (χ0) is 19.2. The zero-order valence-electron chi connectivity index (χ0n) is 15.6. The van der Waals surface area contributed by atoms with E-state index in [2.05, 4.69) is 16.2 Å². The van der Waals surface area contributed by atoms with E-state index in [0.29, 0.717) is 12.1 Å². The molecule has 5 heteroatoms. The van der Waals surface area contributed by atoms with Crippen LogP contribution >= 0.6 is 0 Å². The predicted molar refractivity (Wildman–Crippen MR) is 106 cm³/mol. The Morgan fingerprint density at radius 3 is 2.56 bits per heavy atom. The summed E-state index contributed by atoms with van der Waals surface area (Å²) in [6.45, 7) is 4.68. The second-order valence-electron chi connectivity index (χ2n) is 6.28. The highest BCUT2D eigenvalue weighted by Gasteiger charge is 2.12. The first-order valence-electron chi connectivity index (χ1n) is 9.07. The van der Waals surface area contributed by atoms with Gasteiger partial charge in [-0.1, -0.05) is 61.5 Å². The molecule has 1 N–H and O–H groups in total. The molecule has 5 nitrogen and oxygen atoms in total. The van der Waals surface area contributed by atoms with Gasteiger partial charge in [0.1, 0.15) is 5.82 Å². The smallest absolute Gasteiger partial charge is 0.336 e. The van der Waals surface area contributed by atoms with Gasteiger partial charge in [0.05, 0.1) is 12.1 Å². The molecule has 0 unspecified atom stereocenters. The normalized spacial score (nSPS) is 11.2. The molecule has 1 heterocycles. The van der Waals surface area contributed by atoms with Gasteiger partial charge in [-0.05, 0) is 29.7 Å². The van der Waals surface area contributed by atoms with E-state index < -0.39 is 5.97 Å². The minimum Gasteiger partial charge on any atom is -0.478 e. The second-order valence-corrected chi connectivity index (χ2v) is 6.28. The molecule has 0 atom stereocenters. The van der Waals surface area contributed by atoms with Gasteiger partial charge in [-0.25, -0.2) is 14.5 Å². The van der Waals surface area contributed by atoms with Crippen molar-refractivity contribution in [1.82, 2.24) is 14.8 Å². The number of benzene rings is 2. The highest BCUT2D eigenvalue weighted by atomic mass is 16.4. The van der Waals surface area contributed by atoms with Gasteiger partial charge in [-0.15, -0.1) is 0 Å². The summed E-state index contributed by atoms with van der Waals surface area (Å²) < 4.78 is 1.94. The predicted octanol–water partition coefficient (Wildman–Crippen LogP) is 4.37. The Kier molecular flexibility index (Phi) is 5.81. The van der Waals surface area contributed by atoms with Crippen LogP contribution in [0.5, 0.6) is 0 Å². The molecule has 0 aliphatic carbocycles. The van der Waals surface area contributed by atoms with Crippen LogP contribution in [0.2, 0.25) is 0 Å². The van der Waals surface area contributed by atoms with Crippen LogP contribution in [0.1, 0.15) is 41.4 Å². The van der Waals surface area contributed by atoms with E-state index in [9.17, 15) is 9.90 Å². The van der Waals surface area contributed by atoms with Crippen molar-refractivity contribution in [1.29, 1.82) is 0 Å². The molecule has 3 rings (SSSR count). The number of rotatable bonds is 7. The third kappa shape index (κ3) is 4.31. The molecule has 0 saturated heterocycles. The minimum atomic E-state index is -0.919. The Morgan fingerprint density at radius 1 is 1.15 bits per heavy atom. The average molecular weight is 361 g/mol. The van der Waals surface area contributed by atoms with Crippen molar-refractivity contribution in [2.45, 2.75) is 33.2 Å². The summed E-state index contributed by atoms with van der Waals surface area (Å²) in [6, 6.07) is 15.0. The molecule has 0 radical (unpaired) electrons. The standard InChI is InChI=1S/C22H23N3O2/c1-3-5-10-21-23-20(4-2)24-25(21)15-16-11-13-17(14-12-16)18-8-6-7-9-19(18)22(26)27/h3,5-9,11-14H,4,10,15H2,1-2H3,(H,26,27)/b5-3+. The van der Waals surface area contributed by atoms with Crippen molar-refractivity contribution in [3.8, 4) is 11.1 Å². The summed E-state index contributed by atoms with van der Waals surface area (Å²) in [5.41, 5.74) is 3.02. The first-order valence-corrected chi connectivity index (χ1v) is 9.07. The Hall–Kier alpha value is -3.21. The van der Waals surface area contributed by atoms with Gasteiger partial charge in [0.2, 0.25) is 0 Å². The molecule has 2 aromatic carbocycles. The van der Waals surface area contributed by atoms with Gasteiger partial charge in [-0.3, -0.25) is 0 Å². The van der Waals surface area contributed by atoms with E-state index in [1.165, 1.54) is 0 Å². The number of carboxylic acids is 1. The van der Waals surface area contributed by atoms with Crippen molar-refractivity contribution in [2.24, 2.45) is 0 Å². The Balaban J connectivity index is 1.85. The average Bonchev–Trinajstić information content (AvgIpc) is 3.08. The van der Waals surface area contributed by atoms with Crippen LogP contribution in [0.3, 0.4) is 0 Å². The van der Waals surface area contributed by atoms with Crippen molar-refractivity contribution >= 4 is 5.97 Å². The number of aryl methyl sites for hydroxylation is 1. The Morgan fingerprint density at radius 2 is 1.89 bits per heavy atom. The molecule has 0 aliphatic heterocycles. The molecular weight excluding hydrogens is 338 g/mol. The van der Waals surface area contributed by atoms with Crippen molar-refractivity contribution in [3.63, 3.8) is 0 Å². The van der Waals surface area contributed by atoms with E-state index in [0.717, 1.165) is 41.2 Å². The number of hydrogen-bond donors (Lipinski definition) is 1. The molecule has 0 aliphatic rings. The van der Waals surface area contributed by atoms with Crippen molar-refractivity contribution < 1.29 is 9.90 Å². The number of carbonyl (C=O) groups is 1. The van der Waals surface area contributed by atoms with Crippen molar-refractivity contribution in [2.75, 3.05) is 0 Å². The Bertz CT molecular complexity index is 956. The molecule has 0 fully saturated rings. The fourth-order valence-electron chi connectivity index (χ4n) is 2.96.